The van der Waals surface area contributed by atoms with Crippen molar-refractivity contribution in [3.8, 4) is 0 Å². The zero-order valence-corrected chi connectivity index (χ0v) is 11.9. The van der Waals surface area contributed by atoms with Gasteiger partial charge in [-0.3, -0.25) is 4.98 Å². The number of fused-ring (bicyclic) bond motifs is 1. The van der Waals surface area contributed by atoms with E-state index in [-0.39, 0.29) is 6.04 Å². The van der Waals surface area contributed by atoms with Crippen LogP contribution in [0.2, 0.25) is 0 Å². The van der Waals surface area contributed by atoms with E-state index in [0.717, 1.165) is 5.52 Å². The van der Waals surface area contributed by atoms with Crippen molar-refractivity contribution in [1.29, 1.82) is 0 Å². The molecule has 1 unspecified atom stereocenters. The fourth-order valence-corrected chi connectivity index (χ4v) is 3.37. The number of pyridine rings is 1. The number of benzene rings is 1. The second kappa shape index (κ2) is 5.11. The maximum Gasteiger partial charge on any atom is 0.0702 e. The van der Waals surface area contributed by atoms with Crippen LogP contribution in [0.5, 0.6) is 0 Å². The molecule has 3 aromatic rings. The van der Waals surface area contributed by atoms with Crippen molar-refractivity contribution in [3.05, 3.63) is 64.0 Å². The molecule has 1 atom stereocenters. The van der Waals surface area contributed by atoms with Crippen molar-refractivity contribution in [2.45, 2.75) is 13.0 Å². The van der Waals surface area contributed by atoms with Crippen molar-refractivity contribution in [3.63, 3.8) is 0 Å². The third-order valence-corrected chi connectivity index (χ3v) is 4.36. The number of nitrogens with zero attached hydrogens (tertiary/aromatic N) is 1. The zero-order valence-electron chi connectivity index (χ0n) is 11.1. The molecule has 0 fully saturated rings. The lowest BCUT2D eigenvalue weighted by Crippen LogP contribution is -2.16. The summed E-state index contributed by atoms with van der Waals surface area (Å²) >= 11 is 1.84. The van der Waals surface area contributed by atoms with Gasteiger partial charge in [-0.05, 0) is 49.9 Å². The molecule has 3 heteroatoms. The minimum atomic E-state index is 0.253. The first-order valence-electron chi connectivity index (χ1n) is 6.36. The SMILES string of the molecule is CNC(c1ccc2ncccc2c1)c1ccc(C)s1. The Morgan fingerprint density at radius 1 is 1.16 bits per heavy atom. The number of thiophene rings is 1. The minimum Gasteiger partial charge on any atom is -0.309 e. The first kappa shape index (κ1) is 12.3. The van der Waals surface area contributed by atoms with Gasteiger partial charge in [0.25, 0.3) is 0 Å². The molecule has 0 amide bonds. The molecule has 2 nitrogen and oxygen atoms in total. The Morgan fingerprint density at radius 3 is 2.79 bits per heavy atom. The molecule has 96 valence electrons. The zero-order chi connectivity index (χ0) is 13.2. The Labute approximate surface area is 117 Å². The fraction of sp³-hybridized carbons (Fsp3) is 0.188. The average molecular weight is 268 g/mol. The van der Waals surface area contributed by atoms with E-state index < -0.39 is 0 Å². The monoisotopic (exact) mass is 268 g/mol. The first-order chi connectivity index (χ1) is 9.28. The van der Waals surface area contributed by atoms with Gasteiger partial charge in [0.2, 0.25) is 0 Å². The Hall–Kier alpha value is -1.71. The first-order valence-corrected chi connectivity index (χ1v) is 7.18. The largest absolute Gasteiger partial charge is 0.309 e. The predicted octanol–water partition coefficient (Wildman–Crippen LogP) is 3.91. The average Bonchev–Trinajstić information content (AvgIpc) is 2.86. The second-order valence-corrected chi connectivity index (χ2v) is 5.95. The van der Waals surface area contributed by atoms with Crippen LogP contribution in [0.15, 0.2) is 48.7 Å². The van der Waals surface area contributed by atoms with Crippen LogP contribution in [0.25, 0.3) is 10.9 Å². The predicted molar refractivity (Wildman–Crippen MR) is 81.7 cm³/mol. The minimum absolute atomic E-state index is 0.253. The van der Waals surface area contributed by atoms with Crippen LogP contribution in [0.3, 0.4) is 0 Å². The number of hydrogen-bond acceptors (Lipinski definition) is 3. The van der Waals surface area contributed by atoms with E-state index in [1.165, 1.54) is 20.7 Å². The number of nitrogens with one attached hydrogen (secondary N) is 1. The molecule has 0 spiro atoms. The maximum absolute atomic E-state index is 4.37. The molecule has 0 saturated heterocycles. The summed E-state index contributed by atoms with van der Waals surface area (Å²) in [6.45, 7) is 2.14. The lowest BCUT2D eigenvalue weighted by Gasteiger charge is -2.15. The number of aryl methyl sites for hydroxylation is 1. The molecule has 2 heterocycles. The standard InChI is InChI=1S/C16H16N2S/c1-11-5-8-15(19-11)16(17-2)13-6-7-14-12(10-13)4-3-9-18-14/h3-10,16-17H,1-2H3. The highest BCUT2D eigenvalue weighted by Gasteiger charge is 2.14. The van der Waals surface area contributed by atoms with E-state index in [9.17, 15) is 0 Å². The van der Waals surface area contributed by atoms with Crippen LogP contribution in [0.4, 0.5) is 0 Å². The van der Waals surface area contributed by atoms with Gasteiger partial charge in [0, 0.05) is 21.3 Å². The van der Waals surface area contributed by atoms with Crippen LogP contribution in [0.1, 0.15) is 21.4 Å². The van der Waals surface area contributed by atoms with Gasteiger partial charge < -0.3 is 5.32 Å². The summed E-state index contributed by atoms with van der Waals surface area (Å²) < 4.78 is 0. The highest BCUT2D eigenvalue weighted by molar-refractivity contribution is 7.12. The fourth-order valence-electron chi connectivity index (χ4n) is 2.36. The van der Waals surface area contributed by atoms with Crippen LogP contribution in [-0.4, -0.2) is 12.0 Å². The molecule has 0 radical (unpaired) electrons. The molecule has 0 aliphatic rings. The van der Waals surface area contributed by atoms with Gasteiger partial charge in [-0.15, -0.1) is 11.3 Å². The van der Waals surface area contributed by atoms with E-state index in [4.69, 9.17) is 0 Å². The van der Waals surface area contributed by atoms with Gasteiger partial charge in [-0.2, -0.15) is 0 Å². The van der Waals surface area contributed by atoms with Crippen molar-refractivity contribution in [2.24, 2.45) is 0 Å². The topological polar surface area (TPSA) is 24.9 Å². The number of rotatable bonds is 3. The highest BCUT2D eigenvalue weighted by Crippen LogP contribution is 2.29. The molecule has 19 heavy (non-hydrogen) atoms. The van der Waals surface area contributed by atoms with E-state index in [1.807, 2.05) is 30.6 Å². The second-order valence-electron chi connectivity index (χ2n) is 4.63. The molecule has 1 aromatic carbocycles. The third kappa shape index (κ3) is 2.39. The summed E-state index contributed by atoms with van der Waals surface area (Å²) in [5, 5.41) is 4.59. The summed E-state index contributed by atoms with van der Waals surface area (Å²) in [5.41, 5.74) is 2.33. The van der Waals surface area contributed by atoms with Gasteiger partial charge in [0.05, 0.1) is 11.6 Å². The Kier molecular flexibility index (Phi) is 3.32. The summed E-state index contributed by atoms with van der Waals surface area (Å²) in [6.07, 6.45) is 1.83. The van der Waals surface area contributed by atoms with Crippen molar-refractivity contribution < 1.29 is 0 Å². The molecular formula is C16H16N2S. The van der Waals surface area contributed by atoms with Crippen molar-refractivity contribution >= 4 is 22.2 Å². The van der Waals surface area contributed by atoms with Crippen molar-refractivity contribution in [1.82, 2.24) is 10.3 Å². The molecular weight excluding hydrogens is 252 g/mol. The third-order valence-electron chi connectivity index (χ3n) is 3.29. The summed E-state index contributed by atoms with van der Waals surface area (Å²) in [5.74, 6) is 0. The van der Waals surface area contributed by atoms with Crippen LogP contribution in [0, 0.1) is 6.92 Å². The van der Waals surface area contributed by atoms with Crippen LogP contribution in [-0.2, 0) is 0 Å². The van der Waals surface area contributed by atoms with Gasteiger partial charge >= 0.3 is 0 Å². The molecule has 0 aliphatic heterocycles. The van der Waals surface area contributed by atoms with Crippen LogP contribution >= 0.6 is 11.3 Å². The maximum atomic E-state index is 4.37. The molecule has 3 rings (SSSR count). The van der Waals surface area contributed by atoms with Gasteiger partial charge in [0.1, 0.15) is 0 Å². The quantitative estimate of drug-likeness (QED) is 0.779. The van der Waals surface area contributed by atoms with Gasteiger partial charge in [0.15, 0.2) is 0 Å². The molecule has 0 bridgehead atoms. The summed E-state index contributed by atoms with van der Waals surface area (Å²) in [7, 11) is 2.01. The lowest BCUT2D eigenvalue weighted by molar-refractivity contribution is 0.705. The Morgan fingerprint density at radius 2 is 2.05 bits per heavy atom. The normalized spacial score (nSPS) is 12.7. The molecule has 2 aromatic heterocycles. The summed E-state index contributed by atoms with van der Waals surface area (Å²) in [6, 6.07) is 15.2. The smallest absolute Gasteiger partial charge is 0.0702 e. The lowest BCUT2D eigenvalue weighted by atomic mass is 10.0. The Bertz CT molecular complexity index is 703. The highest BCUT2D eigenvalue weighted by atomic mass is 32.1. The summed E-state index contributed by atoms with van der Waals surface area (Å²) in [4.78, 5) is 7.06. The van der Waals surface area contributed by atoms with Crippen LogP contribution < -0.4 is 5.32 Å². The van der Waals surface area contributed by atoms with E-state index in [0.29, 0.717) is 0 Å². The molecule has 1 N–H and O–H groups in total. The van der Waals surface area contributed by atoms with E-state index >= 15 is 0 Å². The van der Waals surface area contributed by atoms with Gasteiger partial charge in [-0.1, -0.05) is 12.1 Å². The Balaban J connectivity index is 2.06. The molecule has 0 saturated carbocycles. The van der Waals surface area contributed by atoms with E-state index in [1.54, 1.807) is 0 Å². The molecule has 0 aliphatic carbocycles. The van der Waals surface area contributed by atoms with E-state index in [2.05, 4.69) is 53.6 Å². The number of aromatic nitrogens is 1. The van der Waals surface area contributed by atoms with Gasteiger partial charge in [-0.25, -0.2) is 0 Å². The number of hydrogen-bond donors (Lipinski definition) is 1. The van der Waals surface area contributed by atoms with Crippen molar-refractivity contribution in [2.75, 3.05) is 7.05 Å².